The molecule has 1 amide bonds. The Hall–Kier alpha value is -3.78. The molecule has 1 N–H and O–H groups in total. The van der Waals surface area contributed by atoms with Gasteiger partial charge in [0.2, 0.25) is 0 Å². The minimum absolute atomic E-state index is 0.0233. The lowest BCUT2D eigenvalue weighted by Crippen LogP contribution is -2.42. The molecule has 0 saturated heterocycles. The average molecular weight is 411 g/mol. The van der Waals surface area contributed by atoms with E-state index in [1.165, 1.54) is 5.56 Å². The van der Waals surface area contributed by atoms with E-state index in [9.17, 15) is 4.79 Å². The van der Waals surface area contributed by atoms with E-state index in [0.29, 0.717) is 25.1 Å². The molecule has 1 aliphatic heterocycles. The summed E-state index contributed by atoms with van der Waals surface area (Å²) in [4.78, 5) is 17.4. The van der Waals surface area contributed by atoms with Gasteiger partial charge in [0.25, 0.3) is 5.91 Å². The summed E-state index contributed by atoms with van der Waals surface area (Å²) < 4.78 is 0. The summed E-state index contributed by atoms with van der Waals surface area (Å²) in [5.74, 6) is 0.0233. The van der Waals surface area contributed by atoms with Crippen LogP contribution in [0.2, 0.25) is 0 Å². The third-order valence-electron chi connectivity index (χ3n) is 5.70. The fourth-order valence-electron chi connectivity index (χ4n) is 3.87. The summed E-state index contributed by atoms with van der Waals surface area (Å²) in [6, 6.07) is 26.4. The Morgan fingerprint density at radius 2 is 1.74 bits per heavy atom. The van der Waals surface area contributed by atoms with Crippen LogP contribution in [0.4, 0.5) is 11.4 Å². The molecule has 1 unspecified atom stereocenters. The highest BCUT2D eigenvalue weighted by atomic mass is 16.2. The Kier molecular flexibility index (Phi) is 5.90. The van der Waals surface area contributed by atoms with Gasteiger partial charge < -0.3 is 15.1 Å². The van der Waals surface area contributed by atoms with Crippen LogP contribution < -0.4 is 10.2 Å². The first-order valence-corrected chi connectivity index (χ1v) is 10.5. The van der Waals surface area contributed by atoms with Crippen LogP contribution in [0.3, 0.4) is 0 Å². The fraction of sp³-hybridized carbons (Fsp3) is 0.231. The van der Waals surface area contributed by atoms with Gasteiger partial charge >= 0.3 is 0 Å². The molecule has 0 radical (unpaired) electrons. The van der Waals surface area contributed by atoms with Gasteiger partial charge in [-0.25, -0.2) is 0 Å². The van der Waals surface area contributed by atoms with Gasteiger partial charge in [0.05, 0.1) is 18.1 Å². The number of anilines is 2. The molecule has 31 heavy (non-hydrogen) atoms. The molecule has 5 heteroatoms. The fourth-order valence-corrected chi connectivity index (χ4v) is 3.87. The minimum atomic E-state index is -0.262. The molecular weight excluding hydrogens is 384 g/mol. The summed E-state index contributed by atoms with van der Waals surface area (Å²) in [7, 11) is 1.98. The second-order valence-electron chi connectivity index (χ2n) is 7.93. The van der Waals surface area contributed by atoms with Crippen LogP contribution >= 0.6 is 0 Å². The largest absolute Gasteiger partial charge is 0.374 e. The number of rotatable bonds is 6. The van der Waals surface area contributed by atoms with Gasteiger partial charge in [0.1, 0.15) is 6.17 Å². The lowest BCUT2D eigenvalue weighted by Gasteiger charge is -2.38. The summed E-state index contributed by atoms with van der Waals surface area (Å²) in [6.45, 7) is 3.27. The first-order valence-electron chi connectivity index (χ1n) is 10.5. The van der Waals surface area contributed by atoms with Crippen molar-refractivity contribution in [3.63, 3.8) is 0 Å². The second-order valence-corrected chi connectivity index (χ2v) is 7.93. The maximum absolute atomic E-state index is 13.4. The summed E-state index contributed by atoms with van der Waals surface area (Å²) >= 11 is 0. The molecule has 0 spiro atoms. The number of nitrogens with zero attached hydrogens (tertiary/aromatic N) is 3. The molecule has 0 aromatic heterocycles. The first-order chi connectivity index (χ1) is 15.1. The van der Waals surface area contributed by atoms with Crippen molar-refractivity contribution in [1.82, 2.24) is 4.90 Å². The van der Waals surface area contributed by atoms with Crippen molar-refractivity contribution >= 4 is 17.3 Å². The maximum atomic E-state index is 13.4. The Morgan fingerprint density at radius 1 is 1.03 bits per heavy atom. The van der Waals surface area contributed by atoms with Crippen LogP contribution in [0.5, 0.6) is 0 Å². The van der Waals surface area contributed by atoms with E-state index in [1.807, 2.05) is 48.3 Å². The monoisotopic (exact) mass is 410 g/mol. The van der Waals surface area contributed by atoms with Gasteiger partial charge in [-0.15, -0.1) is 0 Å². The highest BCUT2D eigenvalue weighted by molar-refractivity contribution is 6.01. The number of carbonyl (C=O) groups excluding carboxylic acids is 1. The van der Waals surface area contributed by atoms with E-state index in [0.717, 1.165) is 22.5 Å². The zero-order valence-corrected chi connectivity index (χ0v) is 17.9. The maximum Gasteiger partial charge on any atom is 0.258 e. The van der Waals surface area contributed by atoms with Crippen molar-refractivity contribution in [2.75, 3.05) is 23.8 Å². The summed E-state index contributed by atoms with van der Waals surface area (Å²) in [6.07, 6.45) is 0.222. The van der Waals surface area contributed by atoms with Crippen molar-refractivity contribution in [2.24, 2.45) is 0 Å². The normalized spacial score (nSPS) is 15.1. The first kappa shape index (κ1) is 20.5. The molecule has 0 bridgehead atoms. The van der Waals surface area contributed by atoms with E-state index in [1.54, 1.807) is 0 Å². The molecule has 1 aliphatic rings. The van der Waals surface area contributed by atoms with Crippen LogP contribution in [0.25, 0.3) is 0 Å². The molecule has 0 aliphatic carbocycles. The SMILES string of the molecule is Cc1ccc(CN2C(=O)c3ccccc3NC2c2ccc(N(C)CCC#N)cc2)cc1. The molecule has 0 fully saturated rings. The third kappa shape index (κ3) is 4.39. The number of nitriles is 1. The Labute approximate surface area is 183 Å². The van der Waals surface area contributed by atoms with Crippen molar-refractivity contribution in [1.29, 1.82) is 5.26 Å². The number of benzene rings is 3. The molecule has 1 heterocycles. The van der Waals surface area contributed by atoms with Gasteiger partial charge in [-0.2, -0.15) is 5.26 Å². The van der Waals surface area contributed by atoms with Crippen LogP contribution in [0.15, 0.2) is 72.8 Å². The number of fused-ring (bicyclic) bond motifs is 1. The van der Waals surface area contributed by atoms with E-state index in [-0.39, 0.29) is 12.1 Å². The highest BCUT2D eigenvalue weighted by Gasteiger charge is 2.32. The number of hydrogen-bond acceptors (Lipinski definition) is 4. The Balaban J connectivity index is 1.65. The third-order valence-corrected chi connectivity index (χ3v) is 5.70. The number of amides is 1. The lowest BCUT2D eigenvalue weighted by molar-refractivity contribution is 0.0666. The standard InChI is InChI=1S/C26H26N4O/c1-19-8-10-20(11-9-19)18-30-25(28-24-7-4-3-6-23(24)26(30)31)21-12-14-22(15-13-21)29(2)17-5-16-27/h3-4,6-15,25,28H,5,17-18H2,1-2H3. The molecular formula is C26H26N4O. The molecule has 0 saturated carbocycles. The Bertz CT molecular complexity index is 1100. The van der Waals surface area contributed by atoms with Crippen molar-refractivity contribution < 1.29 is 4.79 Å². The molecule has 4 rings (SSSR count). The van der Waals surface area contributed by atoms with Crippen LogP contribution in [0.1, 0.15) is 39.6 Å². The molecule has 3 aromatic rings. The smallest absolute Gasteiger partial charge is 0.258 e. The predicted octanol–water partition coefficient (Wildman–Crippen LogP) is 5.11. The predicted molar refractivity (Wildman–Crippen MR) is 124 cm³/mol. The van der Waals surface area contributed by atoms with Crippen molar-refractivity contribution in [3.8, 4) is 6.07 Å². The van der Waals surface area contributed by atoms with Gasteiger partial charge in [-0.1, -0.05) is 54.1 Å². The van der Waals surface area contributed by atoms with Gasteiger partial charge in [-0.3, -0.25) is 4.79 Å². The van der Waals surface area contributed by atoms with Gasteiger partial charge in [0.15, 0.2) is 0 Å². The van der Waals surface area contributed by atoms with E-state index >= 15 is 0 Å². The highest BCUT2D eigenvalue weighted by Crippen LogP contribution is 2.34. The second kappa shape index (κ2) is 8.93. The zero-order chi connectivity index (χ0) is 21.8. The number of aryl methyl sites for hydroxylation is 1. The number of para-hydroxylation sites is 1. The van der Waals surface area contributed by atoms with E-state index < -0.39 is 0 Å². The lowest BCUT2D eigenvalue weighted by atomic mass is 10.0. The minimum Gasteiger partial charge on any atom is -0.374 e. The summed E-state index contributed by atoms with van der Waals surface area (Å²) in [5.41, 5.74) is 5.91. The van der Waals surface area contributed by atoms with E-state index in [2.05, 4.69) is 59.6 Å². The topological polar surface area (TPSA) is 59.4 Å². The number of carbonyl (C=O) groups is 1. The average Bonchev–Trinajstić information content (AvgIpc) is 2.80. The summed E-state index contributed by atoms with van der Waals surface area (Å²) in [5, 5.41) is 12.4. The van der Waals surface area contributed by atoms with Crippen molar-refractivity contribution in [2.45, 2.75) is 26.1 Å². The number of hydrogen-bond donors (Lipinski definition) is 1. The molecule has 1 atom stereocenters. The number of nitrogens with one attached hydrogen (secondary N) is 1. The molecule has 3 aromatic carbocycles. The zero-order valence-electron chi connectivity index (χ0n) is 17.9. The quantitative estimate of drug-likeness (QED) is 0.613. The Morgan fingerprint density at radius 3 is 2.45 bits per heavy atom. The molecule has 156 valence electrons. The van der Waals surface area contributed by atoms with Gasteiger partial charge in [0, 0.05) is 31.5 Å². The molecule has 5 nitrogen and oxygen atoms in total. The van der Waals surface area contributed by atoms with Crippen LogP contribution in [-0.4, -0.2) is 24.4 Å². The van der Waals surface area contributed by atoms with Crippen LogP contribution in [0, 0.1) is 18.3 Å². The van der Waals surface area contributed by atoms with Crippen LogP contribution in [-0.2, 0) is 6.54 Å². The van der Waals surface area contributed by atoms with Crippen molar-refractivity contribution in [3.05, 3.63) is 95.1 Å². The van der Waals surface area contributed by atoms with Gasteiger partial charge in [-0.05, 0) is 42.3 Å². The van der Waals surface area contributed by atoms with E-state index in [4.69, 9.17) is 5.26 Å².